The minimum absolute atomic E-state index is 0. The summed E-state index contributed by atoms with van der Waals surface area (Å²) in [7, 11) is -46.7. The normalized spacial score (nSPS) is 11.4. The van der Waals surface area contributed by atoms with Gasteiger partial charge in [0.25, 0.3) is 0 Å². The summed E-state index contributed by atoms with van der Waals surface area (Å²) in [4.78, 5) is 0. The minimum atomic E-state index is -4.67. The molecule has 0 aromatic carbocycles. The molecule has 0 fully saturated rings. The maximum atomic E-state index is 8.74. The highest BCUT2D eigenvalue weighted by Gasteiger charge is 1.88. The first kappa shape index (κ1) is 78.7. The van der Waals surface area contributed by atoms with E-state index in [0.29, 0.717) is 0 Å². The Kier molecular flexibility index (Phi) is 49.5. The third-order valence-corrected chi connectivity index (χ3v) is 0. The smallest absolute Gasteiger partial charge is 0.269 e. The molecule has 0 aromatic rings. The molecule has 51 heteroatoms. The van der Waals surface area contributed by atoms with Gasteiger partial charge in [-0.3, -0.25) is 95.8 Å². The lowest BCUT2D eigenvalue weighted by molar-refractivity contribution is 0.378. The molecule has 0 bridgehead atoms. The van der Waals surface area contributed by atoms with Crippen LogP contribution in [0.15, 0.2) is 0 Å². The summed E-state index contributed by atoms with van der Waals surface area (Å²) in [5.74, 6) is 0. The molecule has 0 atom stereocenters. The van der Waals surface area contributed by atoms with E-state index in [9.17, 15) is 0 Å². The first-order chi connectivity index (χ1) is 20.0. The van der Waals surface area contributed by atoms with Crippen LogP contribution in [-0.4, -0.2) is 175 Å². The fraction of sp³-hybridized carbons (Fsp3) is 0. The van der Waals surface area contributed by atoms with Crippen LogP contribution in [0.2, 0.25) is 0 Å². The number of hydrogen-bond donors (Lipinski definition) is 20. The molecular formula is H21FO40S10. The molecule has 0 aromatic heterocycles. The van der Waals surface area contributed by atoms with Gasteiger partial charge in [-0.25, -0.2) is 0 Å². The first-order valence-corrected chi connectivity index (χ1v) is 21.0. The molecule has 0 rings (SSSR count). The maximum absolute atomic E-state index is 8.74. The van der Waals surface area contributed by atoms with Gasteiger partial charge in [-0.05, 0) is 0 Å². The molecule has 0 radical (unpaired) electrons. The molecule has 0 aliphatic carbocycles. The van der Waals surface area contributed by atoms with Gasteiger partial charge in [-0.1, -0.05) is 0 Å². The zero-order valence-electron chi connectivity index (χ0n) is 21.6. The molecule has 51 heavy (non-hydrogen) atoms. The van der Waals surface area contributed by atoms with Crippen molar-refractivity contribution in [2.24, 2.45) is 0 Å². The van der Waals surface area contributed by atoms with Crippen LogP contribution < -0.4 is 0 Å². The lowest BCUT2D eigenvalue weighted by atomic mass is 15.8. The summed E-state index contributed by atoms with van der Waals surface area (Å²) in [5.41, 5.74) is 0. The second-order valence-electron chi connectivity index (χ2n) is 4.48. The van der Waals surface area contributed by atoms with Crippen molar-refractivity contribution >= 4 is 104 Å². The molecule has 0 saturated carbocycles. The Morgan fingerprint density at radius 1 is 0.137 bits per heavy atom. The highest BCUT2D eigenvalue weighted by molar-refractivity contribution is 7.81. The van der Waals surface area contributed by atoms with E-state index >= 15 is 0 Å². The van der Waals surface area contributed by atoms with Crippen molar-refractivity contribution < 1.29 is 180 Å². The quantitative estimate of drug-likeness (QED) is 0.100. The van der Waals surface area contributed by atoms with Crippen molar-refractivity contribution in [3.8, 4) is 0 Å². The van der Waals surface area contributed by atoms with Gasteiger partial charge in [0.2, 0.25) is 0 Å². The Balaban J connectivity index is -0.0000000386. The summed E-state index contributed by atoms with van der Waals surface area (Å²) in [6.07, 6.45) is 0. The van der Waals surface area contributed by atoms with Gasteiger partial charge in [0, 0.05) is 0 Å². The minimum Gasteiger partial charge on any atom is -0.269 e. The van der Waals surface area contributed by atoms with Gasteiger partial charge in [0.1, 0.15) is 0 Å². The Labute approximate surface area is 282 Å². The van der Waals surface area contributed by atoms with Crippen molar-refractivity contribution in [1.29, 1.82) is 0 Å². The molecule has 0 aliphatic rings. The second-order valence-corrected chi connectivity index (χ2v) is 13.4. The molecule has 20 N–H and O–H groups in total. The highest BCUT2D eigenvalue weighted by Crippen LogP contribution is 1.63. The summed E-state index contributed by atoms with van der Waals surface area (Å²) >= 11 is 0. The van der Waals surface area contributed by atoms with Gasteiger partial charge in [-0.2, -0.15) is 84.2 Å². The number of halogens is 1. The van der Waals surface area contributed by atoms with Crippen molar-refractivity contribution in [2.75, 3.05) is 0 Å². The van der Waals surface area contributed by atoms with Crippen LogP contribution in [0.25, 0.3) is 0 Å². The monoisotopic (exact) mass is 1000 g/mol. The predicted octanol–water partition coefficient (Wildman–Crippen LogP) is -6.38. The van der Waals surface area contributed by atoms with E-state index in [-0.39, 0.29) is 4.70 Å². The molecule has 0 amide bonds. The van der Waals surface area contributed by atoms with Crippen molar-refractivity contribution in [3.63, 3.8) is 0 Å². The van der Waals surface area contributed by atoms with E-state index in [1.54, 1.807) is 0 Å². The van der Waals surface area contributed by atoms with Crippen LogP contribution in [0.4, 0.5) is 4.70 Å². The molecule has 0 spiro atoms. The van der Waals surface area contributed by atoms with E-state index in [0.717, 1.165) is 0 Å². The zero-order valence-corrected chi connectivity index (χ0v) is 29.8. The topological polar surface area (TPSA) is 746 Å². The van der Waals surface area contributed by atoms with Crippen LogP contribution in [-0.2, 0) is 104 Å². The fourth-order valence-corrected chi connectivity index (χ4v) is 0. The van der Waals surface area contributed by atoms with Crippen LogP contribution in [0.5, 0.6) is 0 Å². The molecular weight excluding hydrogens is 980 g/mol. The predicted molar refractivity (Wildman–Crippen MR) is 144 cm³/mol. The third kappa shape index (κ3) is 56300. The average Bonchev–Trinajstić information content (AvgIpc) is 2.34. The summed E-state index contributed by atoms with van der Waals surface area (Å²) in [6, 6.07) is 0. The second kappa shape index (κ2) is 32.1. The number of hydrogen-bond acceptors (Lipinski definition) is 20. The van der Waals surface area contributed by atoms with Crippen molar-refractivity contribution in [2.45, 2.75) is 0 Å². The lowest BCUT2D eigenvalue weighted by Gasteiger charge is -1.68. The lowest BCUT2D eigenvalue weighted by Crippen LogP contribution is -1.89. The molecule has 0 heterocycles. The highest BCUT2D eigenvalue weighted by atomic mass is 32.3. The van der Waals surface area contributed by atoms with Crippen LogP contribution in [0.1, 0.15) is 0 Å². The Hall–Kier alpha value is -1.37. The van der Waals surface area contributed by atoms with E-state index in [4.69, 9.17) is 175 Å². The zero-order chi connectivity index (χ0) is 45.0. The Morgan fingerprint density at radius 3 is 0.137 bits per heavy atom. The van der Waals surface area contributed by atoms with E-state index in [2.05, 4.69) is 0 Å². The molecule has 0 saturated heterocycles. The van der Waals surface area contributed by atoms with Crippen molar-refractivity contribution in [3.05, 3.63) is 0 Å². The molecule has 0 aliphatic heterocycles. The maximum Gasteiger partial charge on any atom is 0.394 e. The van der Waals surface area contributed by atoms with E-state index in [1.165, 1.54) is 0 Å². The van der Waals surface area contributed by atoms with Crippen LogP contribution >= 0.6 is 0 Å². The van der Waals surface area contributed by atoms with Crippen LogP contribution in [0.3, 0.4) is 0 Å². The molecule has 0 unspecified atom stereocenters. The number of rotatable bonds is 0. The van der Waals surface area contributed by atoms with Gasteiger partial charge in [0.05, 0.1) is 0 Å². The summed E-state index contributed by atoms with van der Waals surface area (Å²) in [5, 5.41) is 0. The average molecular weight is 1000 g/mol. The first-order valence-electron chi connectivity index (χ1n) is 6.98. The SMILES string of the molecule is F.O=S(=O)(O)O.O=S(=O)(O)O.O=S(=O)(O)O.O=S(=O)(O)O.O=S(=O)(O)O.O=S(=O)(O)O.O=S(=O)(O)O.O=S(=O)(O)O.O=S(=O)(O)O.O=S(=O)(O)O. The Morgan fingerprint density at radius 2 is 0.137 bits per heavy atom. The van der Waals surface area contributed by atoms with Gasteiger partial charge in [-0.15, -0.1) is 0 Å². The molecule has 328 valence electrons. The Bertz CT molecular complexity index is 1370. The van der Waals surface area contributed by atoms with Gasteiger partial charge in [0.15, 0.2) is 0 Å². The van der Waals surface area contributed by atoms with E-state index in [1.807, 2.05) is 0 Å². The standard InChI is InChI=1S/FH.10H2O4S/c;10*1-5(2,3)4/h1H;10*(H2,1,2,3,4). The largest absolute Gasteiger partial charge is 0.394 e. The summed E-state index contributed by atoms with van der Waals surface area (Å²) in [6.45, 7) is 0. The molecule has 40 nitrogen and oxygen atoms in total. The summed E-state index contributed by atoms with van der Waals surface area (Å²) < 4.78 is 316. The van der Waals surface area contributed by atoms with Gasteiger partial charge < -0.3 is 0 Å². The fourth-order valence-electron chi connectivity index (χ4n) is 0. The van der Waals surface area contributed by atoms with Gasteiger partial charge >= 0.3 is 104 Å². The van der Waals surface area contributed by atoms with E-state index < -0.39 is 104 Å². The third-order valence-electron chi connectivity index (χ3n) is 0. The van der Waals surface area contributed by atoms with Crippen molar-refractivity contribution in [1.82, 2.24) is 0 Å². The van der Waals surface area contributed by atoms with Crippen LogP contribution in [0, 0.1) is 0 Å².